The first-order chi connectivity index (χ1) is 7.54. The standard InChI is InChI=1S/C13H26N2O/c1-4-11-5-7-12(8-6-11)15(3)13(16)9-10(2)14/h10-12H,4-9,14H2,1-3H3. The summed E-state index contributed by atoms with van der Waals surface area (Å²) in [6.07, 6.45) is 6.64. The molecule has 0 spiro atoms. The minimum absolute atomic E-state index is 0.0260. The van der Waals surface area contributed by atoms with Crippen LogP contribution in [0.5, 0.6) is 0 Å². The molecular weight excluding hydrogens is 200 g/mol. The number of carbonyl (C=O) groups is 1. The van der Waals surface area contributed by atoms with Gasteiger partial charge < -0.3 is 10.6 Å². The summed E-state index contributed by atoms with van der Waals surface area (Å²) in [5, 5.41) is 0. The molecule has 1 aliphatic carbocycles. The Morgan fingerprint density at radius 1 is 1.38 bits per heavy atom. The second-order valence-corrected chi connectivity index (χ2v) is 5.27. The van der Waals surface area contributed by atoms with Crippen LogP contribution in [0.1, 0.15) is 52.4 Å². The van der Waals surface area contributed by atoms with Gasteiger partial charge in [0, 0.05) is 25.6 Å². The highest BCUT2D eigenvalue weighted by atomic mass is 16.2. The number of nitrogens with zero attached hydrogens (tertiary/aromatic N) is 1. The second kappa shape index (κ2) is 6.24. The second-order valence-electron chi connectivity index (χ2n) is 5.27. The molecule has 0 aromatic rings. The molecule has 0 radical (unpaired) electrons. The lowest BCUT2D eigenvalue weighted by molar-refractivity contribution is -0.133. The fourth-order valence-electron chi connectivity index (χ4n) is 2.56. The summed E-state index contributed by atoms with van der Waals surface area (Å²) in [6, 6.07) is 0.427. The van der Waals surface area contributed by atoms with Crippen molar-refractivity contribution in [3.63, 3.8) is 0 Å². The van der Waals surface area contributed by atoms with Gasteiger partial charge >= 0.3 is 0 Å². The monoisotopic (exact) mass is 226 g/mol. The van der Waals surface area contributed by atoms with E-state index in [1.165, 1.54) is 32.1 Å². The van der Waals surface area contributed by atoms with Gasteiger partial charge in [0.2, 0.25) is 5.91 Å². The van der Waals surface area contributed by atoms with E-state index in [4.69, 9.17) is 5.73 Å². The molecule has 0 aromatic heterocycles. The van der Waals surface area contributed by atoms with Gasteiger partial charge in [0.15, 0.2) is 0 Å². The average Bonchev–Trinajstić information content (AvgIpc) is 2.27. The van der Waals surface area contributed by atoms with Gasteiger partial charge in [0.25, 0.3) is 0 Å². The summed E-state index contributed by atoms with van der Waals surface area (Å²) in [6.45, 7) is 4.15. The zero-order valence-electron chi connectivity index (χ0n) is 10.9. The van der Waals surface area contributed by atoms with E-state index in [-0.39, 0.29) is 11.9 Å². The molecule has 1 fully saturated rings. The molecule has 3 heteroatoms. The Hall–Kier alpha value is -0.570. The van der Waals surface area contributed by atoms with E-state index in [0.717, 1.165) is 5.92 Å². The van der Waals surface area contributed by atoms with Crippen LogP contribution < -0.4 is 5.73 Å². The molecular formula is C13H26N2O. The Kier molecular flexibility index (Phi) is 5.26. The van der Waals surface area contributed by atoms with Gasteiger partial charge in [-0.3, -0.25) is 4.79 Å². The number of hydrogen-bond donors (Lipinski definition) is 1. The van der Waals surface area contributed by atoms with Gasteiger partial charge in [0.05, 0.1) is 0 Å². The fraction of sp³-hybridized carbons (Fsp3) is 0.923. The topological polar surface area (TPSA) is 46.3 Å². The van der Waals surface area contributed by atoms with E-state index in [9.17, 15) is 4.79 Å². The number of rotatable bonds is 4. The molecule has 1 amide bonds. The zero-order valence-corrected chi connectivity index (χ0v) is 10.9. The summed E-state index contributed by atoms with van der Waals surface area (Å²) < 4.78 is 0. The first-order valence-corrected chi connectivity index (χ1v) is 6.55. The minimum Gasteiger partial charge on any atom is -0.343 e. The molecule has 1 aliphatic rings. The Balaban J connectivity index is 2.37. The fourth-order valence-corrected chi connectivity index (χ4v) is 2.56. The maximum atomic E-state index is 11.8. The summed E-state index contributed by atoms with van der Waals surface area (Å²) in [4.78, 5) is 13.8. The van der Waals surface area contributed by atoms with Crippen molar-refractivity contribution in [3.05, 3.63) is 0 Å². The summed E-state index contributed by atoms with van der Waals surface area (Å²) >= 11 is 0. The Morgan fingerprint density at radius 3 is 2.38 bits per heavy atom. The molecule has 94 valence electrons. The van der Waals surface area contributed by atoms with Crippen molar-refractivity contribution in [2.24, 2.45) is 11.7 Å². The quantitative estimate of drug-likeness (QED) is 0.798. The Labute approximate surface area is 99.4 Å². The van der Waals surface area contributed by atoms with E-state index in [0.29, 0.717) is 12.5 Å². The van der Waals surface area contributed by atoms with Crippen LogP contribution in [-0.4, -0.2) is 29.9 Å². The van der Waals surface area contributed by atoms with E-state index < -0.39 is 0 Å². The third-order valence-electron chi connectivity index (χ3n) is 3.83. The van der Waals surface area contributed by atoms with Gasteiger partial charge in [-0.05, 0) is 38.5 Å². The average molecular weight is 226 g/mol. The van der Waals surface area contributed by atoms with Gasteiger partial charge in [-0.2, -0.15) is 0 Å². The third kappa shape index (κ3) is 3.78. The van der Waals surface area contributed by atoms with Gasteiger partial charge in [-0.25, -0.2) is 0 Å². The molecule has 0 aromatic carbocycles. The van der Waals surface area contributed by atoms with Crippen LogP contribution in [0.4, 0.5) is 0 Å². The van der Waals surface area contributed by atoms with Crippen LogP contribution >= 0.6 is 0 Å². The Bertz CT molecular complexity index is 220. The predicted molar refractivity (Wildman–Crippen MR) is 67.1 cm³/mol. The van der Waals surface area contributed by atoms with Crippen LogP contribution in [0.3, 0.4) is 0 Å². The Morgan fingerprint density at radius 2 is 1.94 bits per heavy atom. The van der Waals surface area contributed by atoms with E-state index in [2.05, 4.69) is 6.92 Å². The molecule has 0 heterocycles. The van der Waals surface area contributed by atoms with Crippen molar-refractivity contribution in [2.45, 2.75) is 64.5 Å². The molecule has 16 heavy (non-hydrogen) atoms. The van der Waals surface area contributed by atoms with Crippen molar-refractivity contribution in [3.8, 4) is 0 Å². The SMILES string of the molecule is CCC1CCC(N(C)C(=O)CC(C)N)CC1. The first-order valence-electron chi connectivity index (χ1n) is 6.55. The van der Waals surface area contributed by atoms with Gasteiger partial charge in [0.1, 0.15) is 0 Å². The molecule has 1 atom stereocenters. The normalized spacial score (nSPS) is 27.5. The number of nitrogens with two attached hydrogens (primary N) is 1. The number of hydrogen-bond acceptors (Lipinski definition) is 2. The molecule has 0 bridgehead atoms. The number of carbonyl (C=O) groups excluding carboxylic acids is 1. The molecule has 3 nitrogen and oxygen atoms in total. The molecule has 1 rings (SSSR count). The molecule has 0 saturated heterocycles. The van der Waals surface area contributed by atoms with Gasteiger partial charge in [-0.1, -0.05) is 13.3 Å². The first kappa shape index (κ1) is 13.5. The van der Waals surface area contributed by atoms with E-state index in [1.54, 1.807) is 0 Å². The van der Waals surface area contributed by atoms with E-state index >= 15 is 0 Å². The molecule has 0 aliphatic heterocycles. The summed E-state index contributed by atoms with van der Waals surface area (Å²) in [5.74, 6) is 1.09. The minimum atomic E-state index is -0.0260. The van der Waals surface area contributed by atoms with Crippen molar-refractivity contribution in [2.75, 3.05) is 7.05 Å². The molecule has 1 saturated carbocycles. The van der Waals surface area contributed by atoms with Crippen LogP contribution in [0, 0.1) is 5.92 Å². The molecule has 2 N–H and O–H groups in total. The maximum Gasteiger partial charge on any atom is 0.224 e. The highest BCUT2D eigenvalue weighted by Crippen LogP contribution is 2.29. The third-order valence-corrected chi connectivity index (χ3v) is 3.83. The number of amides is 1. The highest BCUT2D eigenvalue weighted by molar-refractivity contribution is 5.76. The van der Waals surface area contributed by atoms with Crippen molar-refractivity contribution >= 4 is 5.91 Å². The van der Waals surface area contributed by atoms with Crippen LogP contribution in [0.25, 0.3) is 0 Å². The van der Waals surface area contributed by atoms with Crippen LogP contribution in [-0.2, 0) is 4.79 Å². The lowest BCUT2D eigenvalue weighted by atomic mass is 9.84. The highest BCUT2D eigenvalue weighted by Gasteiger charge is 2.25. The summed E-state index contributed by atoms with van der Waals surface area (Å²) in [7, 11) is 1.93. The van der Waals surface area contributed by atoms with Crippen molar-refractivity contribution < 1.29 is 4.79 Å². The maximum absolute atomic E-state index is 11.8. The molecule has 1 unspecified atom stereocenters. The largest absolute Gasteiger partial charge is 0.343 e. The van der Waals surface area contributed by atoms with Crippen LogP contribution in [0.15, 0.2) is 0 Å². The van der Waals surface area contributed by atoms with Crippen molar-refractivity contribution in [1.29, 1.82) is 0 Å². The smallest absolute Gasteiger partial charge is 0.224 e. The predicted octanol–water partition coefficient (Wildman–Crippen LogP) is 2.15. The van der Waals surface area contributed by atoms with Crippen LogP contribution in [0.2, 0.25) is 0 Å². The van der Waals surface area contributed by atoms with Gasteiger partial charge in [-0.15, -0.1) is 0 Å². The van der Waals surface area contributed by atoms with E-state index in [1.807, 2.05) is 18.9 Å². The zero-order chi connectivity index (χ0) is 12.1. The lowest BCUT2D eigenvalue weighted by Gasteiger charge is -2.34. The summed E-state index contributed by atoms with van der Waals surface area (Å²) in [5.41, 5.74) is 5.66. The van der Waals surface area contributed by atoms with Crippen molar-refractivity contribution in [1.82, 2.24) is 4.90 Å². The lowest BCUT2D eigenvalue weighted by Crippen LogP contribution is -2.41.